The van der Waals surface area contributed by atoms with Crippen LogP contribution in [0.25, 0.3) is 0 Å². The van der Waals surface area contributed by atoms with Crippen LogP contribution >= 0.6 is 0 Å². The SMILES string of the molecule is CCC1=C(C2=CC=[C]C(=C=O)C2)C=CC(Oc2cc[c]cc2)C1=O. The smallest absolute Gasteiger partial charge is 0.203 e. The zero-order valence-electron chi connectivity index (χ0n) is 13.3. The minimum atomic E-state index is -0.626. The first-order chi connectivity index (χ1) is 11.7. The fourth-order valence-corrected chi connectivity index (χ4v) is 2.82. The van der Waals surface area contributed by atoms with Crippen LogP contribution in [0.4, 0.5) is 0 Å². The molecule has 0 heterocycles. The number of allylic oxidation sites excluding steroid dienone is 7. The minimum absolute atomic E-state index is 0.0427. The summed E-state index contributed by atoms with van der Waals surface area (Å²) in [5.74, 6) is 2.48. The number of ketones is 1. The molecule has 1 atom stereocenters. The van der Waals surface area contributed by atoms with E-state index in [1.54, 1.807) is 36.4 Å². The predicted molar refractivity (Wildman–Crippen MR) is 90.9 cm³/mol. The molecule has 2 radical (unpaired) electrons. The third kappa shape index (κ3) is 3.22. The average molecular weight is 316 g/mol. The highest BCUT2D eigenvalue weighted by molar-refractivity contribution is 6.03. The molecule has 1 aromatic carbocycles. The number of rotatable bonds is 4. The number of carbonyl (C=O) groups is 1. The quantitative estimate of drug-likeness (QED) is 0.798. The molecule has 0 N–H and O–H groups in total. The third-order valence-corrected chi connectivity index (χ3v) is 4.00. The van der Waals surface area contributed by atoms with E-state index in [1.807, 2.05) is 25.0 Å². The Morgan fingerprint density at radius 2 is 2.12 bits per heavy atom. The largest absolute Gasteiger partial charge is 0.478 e. The van der Waals surface area contributed by atoms with Gasteiger partial charge in [-0.25, -0.2) is 4.79 Å². The molecular formula is C21H16O3. The van der Waals surface area contributed by atoms with Crippen molar-refractivity contribution < 1.29 is 14.3 Å². The number of ether oxygens (including phenoxy) is 1. The van der Waals surface area contributed by atoms with Crippen molar-refractivity contribution in [3.05, 3.63) is 83.0 Å². The molecule has 3 heteroatoms. The van der Waals surface area contributed by atoms with Gasteiger partial charge in [0.2, 0.25) is 5.78 Å². The van der Waals surface area contributed by atoms with Crippen molar-refractivity contribution in [1.29, 1.82) is 0 Å². The van der Waals surface area contributed by atoms with Crippen molar-refractivity contribution in [2.24, 2.45) is 0 Å². The molecule has 0 amide bonds. The van der Waals surface area contributed by atoms with Crippen LogP contribution in [-0.2, 0) is 9.59 Å². The van der Waals surface area contributed by atoms with Crippen LogP contribution in [0.5, 0.6) is 5.75 Å². The maximum atomic E-state index is 12.8. The van der Waals surface area contributed by atoms with Gasteiger partial charge in [0.1, 0.15) is 11.7 Å². The van der Waals surface area contributed by atoms with Gasteiger partial charge >= 0.3 is 0 Å². The van der Waals surface area contributed by atoms with Crippen LogP contribution in [0.3, 0.4) is 0 Å². The lowest BCUT2D eigenvalue weighted by molar-refractivity contribution is -0.120. The van der Waals surface area contributed by atoms with E-state index in [0.717, 1.165) is 16.7 Å². The van der Waals surface area contributed by atoms with Gasteiger partial charge in [-0.05, 0) is 47.9 Å². The Balaban J connectivity index is 1.87. The maximum absolute atomic E-state index is 12.8. The highest BCUT2D eigenvalue weighted by Gasteiger charge is 2.28. The molecule has 2 aliphatic rings. The summed E-state index contributed by atoms with van der Waals surface area (Å²) in [7, 11) is 0. The van der Waals surface area contributed by atoms with Gasteiger partial charge in [0.15, 0.2) is 6.10 Å². The summed E-state index contributed by atoms with van der Waals surface area (Å²) < 4.78 is 5.78. The van der Waals surface area contributed by atoms with E-state index in [-0.39, 0.29) is 5.78 Å². The molecule has 1 unspecified atom stereocenters. The zero-order valence-corrected chi connectivity index (χ0v) is 13.3. The van der Waals surface area contributed by atoms with Gasteiger partial charge in [-0.3, -0.25) is 4.79 Å². The highest BCUT2D eigenvalue weighted by atomic mass is 16.5. The van der Waals surface area contributed by atoms with Gasteiger partial charge in [0.05, 0.1) is 0 Å². The normalized spacial score (nSPS) is 20.0. The van der Waals surface area contributed by atoms with Crippen molar-refractivity contribution in [2.75, 3.05) is 0 Å². The summed E-state index contributed by atoms with van der Waals surface area (Å²) in [5, 5.41) is 0. The van der Waals surface area contributed by atoms with E-state index in [9.17, 15) is 9.59 Å². The van der Waals surface area contributed by atoms with E-state index in [0.29, 0.717) is 24.2 Å². The summed E-state index contributed by atoms with van der Waals surface area (Å²) in [6.45, 7) is 1.95. The lowest BCUT2D eigenvalue weighted by atomic mass is 9.84. The van der Waals surface area contributed by atoms with E-state index < -0.39 is 6.10 Å². The second kappa shape index (κ2) is 7.12. The van der Waals surface area contributed by atoms with Crippen LogP contribution in [0.1, 0.15) is 19.8 Å². The summed E-state index contributed by atoms with van der Waals surface area (Å²) >= 11 is 0. The summed E-state index contributed by atoms with van der Waals surface area (Å²) in [5.41, 5.74) is 2.99. The zero-order chi connectivity index (χ0) is 16.9. The van der Waals surface area contributed by atoms with Gasteiger partial charge in [-0.15, -0.1) is 0 Å². The molecule has 118 valence electrons. The second-order valence-corrected chi connectivity index (χ2v) is 5.50. The number of carbonyl (C=O) groups excluding carboxylic acids is 2. The molecule has 24 heavy (non-hydrogen) atoms. The molecule has 3 nitrogen and oxygen atoms in total. The molecule has 0 saturated heterocycles. The van der Waals surface area contributed by atoms with E-state index in [1.165, 1.54) is 0 Å². The van der Waals surface area contributed by atoms with E-state index in [4.69, 9.17) is 4.74 Å². The average Bonchev–Trinajstić information content (AvgIpc) is 2.64. The molecule has 0 aromatic heterocycles. The van der Waals surface area contributed by atoms with Crippen molar-refractivity contribution in [3.63, 3.8) is 0 Å². The summed E-state index contributed by atoms with van der Waals surface area (Å²) in [4.78, 5) is 23.6. The summed E-state index contributed by atoms with van der Waals surface area (Å²) in [6.07, 6.45) is 10.5. The van der Waals surface area contributed by atoms with Gasteiger partial charge in [-0.2, -0.15) is 0 Å². The Morgan fingerprint density at radius 1 is 1.33 bits per heavy atom. The summed E-state index contributed by atoms with van der Waals surface area (Å²) in [6, 6.07) is 9.96. The van der Waals surface area contributed by atoms with Gasteiger partial charge in [0, 0.05) is 17.6 Å². The van der Waals surface area contributed by atoms with Crippen LogP contribution < -0.4 is 4.74 Å². The fraction of sp³-hybridized carbons (Fsp3) is 0.190. The van der Waals surface area contributed by atoms with Crippen LogP contribution in [-0.4, -0.2) is 17.8 Å². The number of Topliss-reactive ketones (excluding diaryl/α,β-unsaturated/α-hetero) is 1. The lowest BCUT2D eigenvalue weighted by Gasteiger charge is -2.23. The van der Waals surface area contributed by atoms with Gasteiger partial charge in [-0.1, -0.05) is 37.3 Å². The molecule has 0 saturated carbocycles. The van der Waals surface area contributed by atoms with Gasteiger partial charge in [0.25, 0.3) is 0 Å². The fourth-order valence-electron chi connectivity index (χ4n) is 2.82. The number of benzene rings is 1. The first kappa shape index (κ1) is 16.0. The second-order valence-electron chi connectivity index (χ2n) is 5.50. The first-order valence-corrected chi connectivity index (χ1v) is 7.84. The molecule has 1 aromatic rings. The highest BCUT2D eigenvalue weighted by Crippen LogP contribution is 2.31. The van der Waals surface area contributed by atoms with Crippen LogP contribution in [0, 0.1) is 12.1 Å². The Bertz CT molecular complexity index is 816. The molecular weight excluding hydrogens is 300 g/mol. The molecule has 2 aliphatic carbocycles. The molecule has 0 fully saturated rings. The Labute approximate surface area is 141 Å². The minimum Gasteiger partial charge on any atom is -0.478 e. The van der Waals surface area contributed by atoms with Crippen molar-refractivity contribution in [1.82, 2.24) is 0 Å². The van der Waals surface area contributed by atoms with Gasteiger partial charge < -0.3 is 4.74 Å². The van der Waals surface area contributed by atoms with Crippen molar-refractivity contribution in [2.45, 2.75) is 25.9 Å². The topological polar surface area (TPSA) is 43.4 Å². The van der Waals surface area contributed by atoms with Crippen molar-refractivity contribution in [3.8, 4) is 5.75 Å². The number of hydrogen-bond donors (Lipinski definition) is 0. The number of hydrogen-bond acceptors (Lipinski definition) is 3. The lowest BCUT2D eigenvalue weighted by Crippen LogP contribution is -2.30. The molecule has 3 rings (SSSR count). The third-order valence-electron chi connectivity index (χ3n) is 4.00. The molecule has 0 spiro atoms. The maximum Gasteiger partial charge on any atom is 0.203 e. The monoisotopic (exact) mass is 316 g/mol. The predicted octanol–water partition coefficient (Wildman–Crippen LogP) is 3.53. The molecule has 0 aliphatic heterocycles. The standard InChI is InChI=1S/C21H16O3/c1-2-18-19(16-8-6-7-15(13-16)14-22)11-12-20(21(18)23)24-17-9-4-3-5-10-17/h4-6,8-12,20H,2,13H2,1H3. The first-order valence-electron chi connectivity index (χ1n) is 7.84. The van der Waals surface area contributed by atoms with E-state index >= 15 is 0 Å². The van der Waals surface area contributed by atoms with Crippen LogP contribution in [0.15, 0.2) is 70.9 Å². The Kier molecular flexibility index (Phi) is 4.74. The Morgan fingerprint density at radius 3 is 2.83 bits per heavy atom. The van der Waals surface area contributed by atoms with Crippen molar-refractivity contribution >= 4 is 11.7 Å². The Hall–Kier alpha value is -2.90. The van der Waals surface area contributed by atoms with E-state index in [2.05, 4.69) is 12.1 Å². The van der Waals surface area contributed by atoms with Crippen LogP contribution in [0.2, 0.25) is 0 Å². The molecule has 0 bridgehead atoms.